The van der Waals surface area contributed by atoms with E-state index in [9.17, 15) is 13.2 Å². The summed E-state index contributed by atoms with van der Waals surface area (Å²) in [6.45, 7) is 0. The maximum atomic E-state index is 12.5. The van der Waals surface area contributed by atoms with Crippen molar-refractivity contribution in [3.63, 3.8) is 0 Å². The number of nitrogens with two attached hydrogens (primary N) is 1. The number of aromatic nitrogens is 2. The van der Waals surface area contributed by atoms with E-state index in [0.29, 0.717) is 16.8 Å². The van der Waals surface area contributed by atoms with E-state index >= 15 is 0 Å². The predicted octanol–water partition coefficient (Wildman–Crippen LogP) is 3.27. The number of nitrogens with zero attached hydrogens (tertiary/aromatic N) is 1. The van der Waals surface area contributed by atoms with Crippen LogP contribution in [0.4, 0.5) is 5.69 Å². The lowest BCUT2D eigenvalue weighted by atomic mass is 10.1. The number of hydrogen-bond acceptors (Lipinski definition) is 4. The van der Waals surface area contributed by atoms with Gasteiger partial charge in [-0.3, -0.25) is 4.79 Å². The monoisotopic (exact) mass is 406 g/mol. The third kappa shape index (κ3) is 4.50. The molecule has 0 unspecified atom stereocenters. The maximum absolute atomic E-state index is 12.5. The Morgan fingerprint density at radius 1 is 1.00 bits per heavy atom. The third-order valence-corrected chi connectivity index (χ3v) is 5.10. The molecule has 0 atom stereocenters. The largest absolute Gasteiger partial charge is 0.338 e. The number of nitrogens with one attached hydrogen (secondary N) is 2. The summed E-state index contributed by atoms with van der Waals surface area (Å²) in [5, 5.41) is 7.87. The van der Waals surface area contributed by atoms with Crippen molar-refractivity contribution in [2.75, 3.05) is 5.32 Å². The number of sulfonamides is 1. The van der Waals surface area contributed by atoms with Gasteiger partial charge in [0.05, 0.1) is 16.8 Å². The first kappa shape index (κ1) is 18.9. The lowest BCUT2D eigenvalue weighted by molar-refractivity contribution is 0.102. The molecule has 0 saturated carbocycles. The van der Waals surface area contributed by atoms with Crippen LogP contribution in [0.1, 0.15) is 15.9 Å². The summed E-state index contributed by atoms with van der Waals surface area (Å²) in [6, 6.07) is 21.5. The number of anilines is 1. The Balaban J connectivity index is 1.50. The van der Waals surface area contributed by atoms with Gasteiger partial charge in [-0.15, -0.1) is 0 Å². The number of hydrogen-bond donors (Lipinski definition) is 3. The second kappa shape index (κ2) is 7.50. The molecular weight excluding hydrogens is 388 g/mol. The number of rotatable bonds is 5. The van der Waals surface area contributed by atoms with Gasteiger partial charge in [0.1, 0.15) is 5.82 Å². The average Bonchev–Trinajstić information content (AvgIpc) is 3.11. The molecule has 4 rings (SSSR count). The number of fused-ring (bicyclic) bond motifs is 1. The minimum atomic E-state index is -3.66. The molecule has 4 N–H and O–H groups in total. The zero-order valence-corrected chi connectivity index (χ0v) is 16.1. The number of amides is 1. The maximum Gasteiger partial charge on any atom is 0.255 e. The van der Waals surface area contributed by atoms with Crippen LogP contribution in [-0.2, 0) is 15.8 Å². The molecule has 0 spiro atoms. The van der Waals surface area contributed by atoms with Gasteiger partial charge in [-0.05, 0) is 54.1 Å². The molecule has 8 heteroatoms. The molecule has 1 aromatic heterocycles. The number of imidazole rings is 1. The Hall–Kier alpha value is -3.49. The van der Waals surface area contributed by atoms with Crippen LogP contribution in [0.15, 0.2) is 72.8 Å². The molecule has 3 aromatic carbocycles. The number of H-pyrrole nitrogens is 1. The topological polar surface area (TPSA) is 118 Å². The highest BCUT2D eigenvalue weighted by atomic mass is 32.2. The minimum absolute atomic E-state index is 0.319. The van der Waals surface area contributed by atoms with E-state index in [-0.39, 0.29) is 11.7 Å². The van der Waals surface area contributed by atoms with Gasteiger partial charge >= 0.3 is 0 Å². The SMILES string of the molecule is NS(=O)(=O)Cc1cccc(C(=O)Nc2ccc(-c3nc4ccccc4[nH]3)cc2)c1. The lowest BCUT2D eigenvalue weighted by Crippen LogP contribution is -2.16. The normalized spacial score (nSPS) is 11.5. The molecule has 1 heterocycles. The van der Waals surface area contributed by atoms with Gasteiger partial charge in [0, 0.05) is 16.8 Å². The Kier molecular flexibility index (Phi) is 4.87. The van der Waals surface area contributed by atoms with Crippen LogP contribution in [0.5, 0.6) is 0 Å². The van der Waals surface area contributed by atoms with Gasteiger partial charge in [-0.25, -0.2) is 18.5 Å². The number of carbonyl (C=O) groups is 1. The molecule has 29 heavy (non-hydrogen) atoms. The summed E-state index contributed by atoms with van der Waals surface area (Å²) in [5.41, 5.74) is 4.17. The third-order valence-electron chi connectivity index (χ3n) is 4.36. The zero-order valence-electron chi connectivity index (χ0n) is 15.3. The Labute approximate surface area is 167 Å². The summed E-state index contributed by atoms with van der Waals surface area (Å²) in [5.74, 6) is 0.0952. The van der Waals surface area contributed by atoms with Gasteiger partial charge in [-0.2, -0.15) is 0 Å². The van der Waals surface area contributed by atoms with Gasteiger partial charge in [0.15, 0.2) is 0 Å². The van der Waals surface area contributed by atoms with Crippen molar-refractivity contribution in [3.05, 3.63) is 83.9 Å². The van der Waals surface area contributed by atoms with Crippen LogP contribution >= 0.6 is 0 Å². The second-order valence-corrected chi connectivity index (χ2v) is 8.26. The standard InChI is InChI=1S/C21H18N4O3S/c22-29(27,28)13-14-4-3-5-16(12-14)21(26)23-17-10-8-15(9-11-17)20-24-18-6-1-2-7-19(18)25-20/h1-12H,13H2,(H,23,26)(H,24,25)(H2,22,27,28). The van der Waals surface area contributed by atoms with E-state index < -0.39 is 10.0 Å². The van der Waals surface area contributed by atoms with Gasteiger partial charge < -0.3 is 10.3 Å². The predicted molar refractivity (Wildman–Crippen MR) is 113 cm³/mol. The van der Waals surface area contributed by atoms with Crippen LogP contribution in [0.25, 0.3) is 22.4 Å². The molecule has 0 radical (unpaired) electrons. The van der Waals surface area contributed by atoms with Gasteiger partial charge in [0.2, 0.25) is 10.0 Å². The van der Waals surface area contributed by atoms with Crippen LogP contribution in [0, 0.1) is 0 Å². The summed E-state index contributed by atoms with van der Waals surface area (Å²) in [7, 11) is -3.66. The number of benzene rings is 3. The van der Waals surface area contributed by atoms with Crippen molar-refractivity contribution in [3.8, 4) is 11.4 Å². The van der Waals surface area contributed by atoms with E-state index in [1.807, 2.05) is 36.4 Å². The average molecular weight is 406 g/mol. The van der Waals surface area contributed by atoms with E-state index in [4.69, 9.17) is 5.14 Å². The Morgan fingerprint density at radius 2 is 1.76 bits per heavy atom. The molecular formula is C21H18N4O3S. The van der Waals surface area contributed by atoms with Crippen LogP contribution in [0.3, 0.4) is 0 Å². The second-order valence-electron chi connectivity index (χ2n) is 6.64. The summed E-state index contributed by atoms with van der Waals surface area (Å²) in [6.07, 6.45) is 0. The fourth-order valence-electron chi connectivity index (χ4n) is 3.04. The smallest absolute Gasteiger partial charge is 0.255 e. The van der Waals surface area contributed by atoms with E-state index in [2.05, 4.69) is 15.3 Å². The summed E-state index contributed by atoms with van der Waals surface area (Å²) < 4.78 is 22.5. The molecule has 1 amide bonds. The fraction of sp³-hybridized carbons (Fsp3) is 0.0476. The van der Waals surface area contributed by atoms with Crippen molar-refractivity contribution in [2.24, 2.45) is 5.14 Å². The first-order chi connectivity index (χ1) is 13.9. The molecule has 146 valence electrons. The van der Waals surface area contributed by atoms with E-state index in [1.54, 1.807) is 30.3 Å². The fourth-order valence-corrected chi connectivity index (χ4v) is 3.68. The van der Waals surface area contributed by atoms with Crippen molar-refractivity contribution in [1.29, 1.82) is 0 Å². The van der Waals surface area contributed by atoms with E-state index in [1.165, 1.54) is 6.07 Å². The van der Waals surface area contributed by atoms with Crippen molar-refractivity contribution in [1.82, 2.24) is 9.97 Å². The number of primary sulfonamides is 1. The lowest BCUT2D eigenvalue weighted by Gasteiger charge is -2.07. The first-order valence-corrected chi connectivity index (χ1v) is 10.5. The van der Waals surface area contributed by atoms with Crippen molar-refractivity contribution in [2.45, 2.75) is 5.75 Å². The molecule has 0 aliphatic heterocycles. The molecule has 0 aliphatic rings. The molecule has 0 saturated heterocycles. The van der Waals surface area contributed by atoms with Crippen molar-refractivity contribution >= 4 is 32.7 Å². The quantitative estimate of drug-likeness (QED) is 0.471. The van der Waals surface area contributed by atoms with Crippen molar-refractivity contribution < 1.29 is 13.2 Å². The molecule has 0 fully saturated rings. The number of para-hydroxylation sites is 2. The highest BCUT2D eigenvalue weighted by Gasteiger charge is 2.11. The summed E-state index contributed by atoms with van der Waals surface area (Å²) in [4.78, 5) is 20.3. The number of aromatic amines is 1. The van der Waals surface area contributed by atoms with Crippen LogP contribution in [-0.4, -0.2) is 24.3 Å². The Morgan fingerprint density at radius 3 is 2.48 bits per heavy atom. The van der Waals surface area contributed by atoms with Gasteiger partial charge in [0.25, 0.3) is 5.91 Å². The molecule has 4 aromatic rings. The van der Waals surface area contributed by atoms with Crippen LogP contribution < -0.4 is 10.5 Å². The molecule has 0 aliphatic carbocycles. The minimum Gasteiger partial charge on any atom is -0.338 e. The highest BCUT2D eigenvalue weighted by Crippen LogP contribution is 2.22. The first-order valence-electron chi connectivity index (χ1n) is 8.83. The summed E-state index contributed by atoms with van der Waals surface area (Å²) >= 11 is 0. The molecule has 7 nitrogen and oxygen atoms in total. The number of carbonyl (C=O) groups excluding carboxylic acids is 1. The molecule has 0 bridgehead atoms. The highest BCUT2D eigenvalue weighted by molar-refractivity contribution is 7.88. The zero-order chi connectivity index (χ0) is 20.4. The Bertz CT molecular complexity index is 1260. The van der Waals surface area contributed by atoms with E-state index in [0.717, 1.165) is 22.4 Å². The van der Waals surface area contributed by atoms with Crippen LogP contribution in [0.2, 0.25) is 0 Å². The van der Waals surface area contributed by atoms with Gasteiger partial charge in [-0.1, -0.05) is 24.3 Å².